The van der Waals surface area contributed by atoms with Crippen molar-refractivity contribution in [3.8, 4) is 0 Å². The summed E-state index contributed by atoms with van der Waals surface area (Å²) in [6.45, 7) is 4.91. The fraction of sp³-hybridized carbons (Fsp3) is 0.818. The van der Waals surface area contributed by atoms with Gasteiger partial charge in [0.2, 0.25) is 5.91 Å². The maximum absolute atomic E-state index is 11.2. The lowest BCUT2D eigenvalue weighted by molar-refractivity contribution is -0.143. The Morgan fingerprint density at radius 1 is 1.38 bits per heavy atom. The normalized spacial score (nSPS) is 19.3. The van der Waals surface area contributed by atoms with Crippen LogP contribution in [0.3, 0.4) is 0 Å². The van der Waals surface area contributed by atoms with Gasteiger partial charge in [-0.3, -0.25) is 9.59 Å². The topological polar surface area (TPSA) is 58.6 Å². The molecule has 1 aliphatic heterocycles. The SMILES string of the molecule is COC(=O)[C@H](C)NC1CCN(C(C)=O)CC1. The van der Waals surface area contributed by atoms with E-state index < -0.39 is 0 Å². The van der Waals surface area contributed by atoms with E-state index in [1.165, 1.54) is 7.11 Å². The highest BCUT2D eigenvalue weighted by molar-refractivity contribution is 5.75. The number of piperidine rings is 1. The molecule has 1 amide bonds. The Hall–Kier alpha value is -1.10. The zero-order valence-electron chi connectivity index (χ0n) is 10.2. The smallest absolute Gasteiger partial charge is 0.322 e. The monoisotopic (exact) mass is 228 g/mol. The number of carbonyl (C=O) groups is 2. The Kier molecular flexibility index (Phi) is 4.73. The molecule has 1 aliphatic rings. The molecule has 0 aliphatic carbocycles. The van der Waals surface area contributed by atoms with Crippen LogP contribution in [0, 0.1) is 0 Å². The molecule has 1 heterocycles. The van der Waals surface area contributed by atoms with E-state index in [2.05, 4.69) is 10.1 Å². The van der Waals surface area contributed by atoms with Crippen LogP contribution in [-0.4, -0.2) is 49.1 Å². The predicted octanol–water partition coefficient (Wildman–Crippen LogP) is 0.148. The van der Waals surface area contributed by atoms with E-state index in [4.69, 9.17) is 0 Å². The number of nitrogens with zero attached hydrogens (tertiary/aromatic N) is 1. The van der Waals surface area contributed by atoms with Crippen LogP contribution in [-0.2, 0) is 14.3 Å². The molecule has 5 heteroatoms. The van der Waals surface area contributed by atoms with Gasteiger partial charge in [-0.05, 0) is 19.8 Å². The minimum Gasteiger partial charge on any atom is -0.468 e. The number of methoxy groups -OCH3 is 1. The van der Waals surface area contributed by atoms with Crippen molar-refractivity contribution in [2.75, 3.05) is 20.2 Å². The van der Waals surface area contributed by atoms with E-state index in [1.54, 1.807) is 13.8 Å². The molecule has 1 fully saturated rings. The highest BCUT2D eigenvalue weighted by atomic mass is 16.5. The molecule has 16 heavy (non-hydrogen) atoms. The second-order valence-electron chi connectivity index (χ2n) is 4.19. The fourth-order valence-electron chi connectivity index (χ4n) is 1.96. The first-order valence-electron chi connectivity index (χ1n) is 5.64. The molecule has 1 N–H and O–H groups in total. The zero-order chi connectivity index (χ0) is 12.1. The van der Waals surface area contributed by atoms with Gasteiger partial charge < -0.3 is 15.0 Å². The predicted molar refractivity (Wildman–Crippen MR) is 59.9 cm³/mol. The summed E-state index contributed by atoms with van der Waals surface area (Å²) in [5.41, 5.74) is 0. The van der Waals surface area contributed by atoms with Crippen molar-refractivity contribution in [2.24, 2.45) is 0 Å². The van der Waals surface area contributed by atoms with Crippen molar-refractivity contribution in [2.45, 2.75) is 38.8 Å². The molecule has 0 bridgehead atoms. The first-order chi connectivity index (χ1) is 7.54. The van der Waals surface area contributed by atoms with Crippen LogP contribution in [0.4, 0.5) is 0 Å². The molecule has 5 nitrogen and oxygen atoms in total. The van der Waals surface area contributed by atoms with Crippen LogP contribution >= 0.6 is 0 Å². The summed E-state index contributed by atoms with van der Waals surface area (Å²) in [4.78, 5) is 24.2. The van der Waals surface area contributed by atoms with Gasteiger partial charge in [-0.2, -0.15) is 0 Å². The third kappa shape index (κ3) is 3.48. The van der Waals surface area contributed by atoms with Gasteiger partial charge >= 0.3 is 5.97 Å². The molecule has 1 atom stereocenters. The van der Waals surface area contributed by atoms with Gasteiger partial charge in [-0.25, -0.2) is 0 Å². The molecule has 0 radical (unpaired) electrons. The average Bonchev–Trinajstić information content (AvgIpc) is 2.28. The van der Waals surface area contributed by atoms with Crippen LogP contribution in [0.25, 0.3) is 0 Å². The summed E-state index contributed by atoms with van der Waals surface area (Å²) in [6, 6.07) is 0.0172. The summed E-state index contributed by atoms with van der Waals surface area (Å²) in [6.07, 6.45) is 1.78. The number of hydrogen-bond donors (Lipinski definition) is 1. The molecular formula is C11H20N2O3. The van der Waals surface area contributed by atoms with E-state index in [0.29, 0.717) is 6.04 Å². The van der Waals surface area contributed by atoms with Crippen molar-refractivity contribution in [3.05, 3.63) is 0 Å². The Labute approximate surface area is 96.1 Å². The van der Waals surface area contributed by atoms with Gasteiger partial charge in [-0.1, -0.05) is 0 Å². The molecule has 0 unspecified atom stereocenters. The molecule has 92 valence electrons. The van der Waals surface area contributed by atoms with Crippen LogP contribution in [0.5, 0.6) is 0 Å². The lowest BCUT2D eigenvalue weighted by Gasteiger charge is -2.32. The standard InChI is InChI=1S/C11H20N2O3/c1-8(11(15)16-3)12-10-4-6-13(7-5-10)9(2)14/h8,10,12H,4-7H2,1-3H3/t8-/m0/s1. The van der Waals surface area contributed by atoms with E-state index in [-0.39, 0.29) is 17.9 Å². The quantitative estimate of drug-likeness (QED) is 0.698. The zero-order valence-corrected chi connectivity index (χ0v) is 10.2. The van der Waals surface area contributed by atoms with Crippen LogP contribution < -0.4 is 5.32 Å². The largest absolute Gasteiger partial charge is 0.468 e. The Morgan fingerprint density at radius 3 is 2.38 bits per heavy atom. The number of esters is 1. The maximum atomic E-state index is 11.2. The number of likely N-dealkylation sites (tertiary alicyclic amines) is 1. The van der Waals surface area contributed by atoms with Crippen molar-refractivity contribution < 1.29 is 14.3 Å². The van der Waals surface area contributed by atoms with Crippen molar-refractivity contribution in [3.63, 3.8) is 0 Å². The van der Waals surface area contributed by atoms with Gasteiger partial charge in [0.25, 0.3) is 0 Å². The molecule has 1 rings (SSSR count). The third-order valence-corrected chi connectivity index (χ3v) is 2.98. The third-order valence-electron chi connectivity index (χ3n) is 2.98. The van der Waals surface area contributed by atoms with E-state index in [9.17, 15) is 9.59 Å². The Bertz CT molecular complexity index is 260. The lowest BCUT2D eigenvalue weighted by atomic mass is 10.0. The first kappa shape index (κ1) is 13.0. The molecule has 0 aromatic rings. The number of rotatable bonds is 3. The molecule has 0 spiro atoms. The summed E-state index contributed by atoms with van der Waals surface area (Å²) in [5.74, 6) is -0.117. The van der Waals surface area contributed by atoms with Gasteiger partial charge in [0, 0.05) is 26.1 Å². The van der Waals surface area contributed by atoms with Gasteiger partial charge in [-0.15, -0.1) is 0 Å². The molecule has 1 saturated heterocycles. The second-order valence-corrected chi connectivity index (χ2v) is 4.19. The summed E-state index contributed by atoms with van der Waals surface area (Å²) in [7, 11) is 1.39. The fourth-order valence-corrected chi connectivity index (χ4v) is 1.96. The van der Waals surface area contributed by atoms with E-state index in [0.717, 1.165) is 25.9 Å². The van der Waals surface area contributed by atoms with Gasteiger partial charge in [0.05, 0.1) is 7.11 Å². The van der Waals surface area contributed by atoms with Gasteiger partial charge in [0.1, 0.15) is 6.04 Å². The minimum absolute atomic E-state index is 0.125. The van der Waals surface area contributed by atoms with Crippen LogP contribution in [0.1, 0.15) is 26.7 Å². The van der Waals surface area contributed by atoms with Gasteiger partial charge in [0.15, 0.2) is 0 Å². The summed E-state index contributed by atoms with van der Waals surface area (Å²) >= 11 is 0. The lowest BCUT2D eigenvalue weighted by Crippen LogP contribution is -2.48. The number of carbonyl (C=O) groups excluding carboxylic acids is 2. The number of ether oxygens (including phenoxy) is 1. The second kappa shape index (κ2) is 5.84. The molecule has 0 saturated carbocycles. The number of hydrogen-bond acceptors (Lipinski definition) is 4. The Morgan fingerprint density at radius 2 is 1.94 bits per heavy atom. The number of amides is 1. The van der Waals surface area contributed by atoms with Crippen molar-refractivity contribution in [1.29, 1.82) is 0 Å². The average molecular weight is 228 g/mol. The molecule has 0 aromatic heterocycles. The minimum atomic E-state index is -0.279. The maximum Gasteiger partial charge on any atom is 0.322 e. The van der Waals surface area contributed by atoms with E-state index >= 15 is 0 Å². The van der Waals surface area contributed by atoms with Crippen molar-refractivity contribution >= 4 is 11.9 Å². The highest BCUT2D eigenvalue weighted by Gasteiger charge is 2.23. The summed E-state index contributed by atoms with van der Waals surface area (Å²) < 4.78 is 4.65. The first-order valence-corrected chi connectivity index (χ1v) is 5.64. The van der Waals surface area contributed by atoms with Crippen molar-refractivity contribution in [1.82, 2.24) is 10.2 Å². The van der Waals surface area contributed by atoms with Crippen LogP contribution in [0.15, 0.2) is 0 Å². The number of nitrogens with one attached hydrogen (secondary N) is 1. The molecular weight excluding hydrogens is 208 g/mol. The molecule has 0 aromatic carbocycles. The van der Waals surface area contributed by atoms with E-state index in [1.807, 2.05) is 4.90 Å². The Balaban J connectivity index is 2.32. The van der Waals surface area contributed by atoms with Crippen LogP contribution in [0.2, 0.25) is 0 Å². The highest BCUT2D eigenvalue weighted by Crippen LogP contribution is 2.11. The summed E-state index contributed by atoms with van der Waals surface area (Å²) in [5, 5.41) is 3.22.